The molecule has 2 heterocycles. The highest BCUT2D eigenvalue weighted by atomic mass is 16.1. The zero-order valence-electron chi connectivity index (χ0n) is 10.2. The number of piperidine rings is 1. The van der Waals surface area contributed by atoms with Crippen molar-refractivity contribution in [2.75, 3.05) is 20.1 Å². The van der Waals surface area contributed by atoms with E-state index in [2.05, 4.69) is 23.5 Å². The summed E-state index contributed by atoms with van der Waals surface area (Å²) in [5.41, 5.74) is 8.01. The van der Waals surface area contributed by atoms with Crippen molar-refractivity contribution < 1.29 is 4.79 Å². The van der Waals surface area contributed by atoms with Gasteiger partial charge in [-0.2, -0.15) is 0 Å². The molecule has 0 radical (unpaired) electrons. The number of hydrogen-bond acceptors (Lipinski definition) is 4. The van der Waals surface area contributed by atoms with E-state index in [9.17, 15) is 4.79 Å². The lowest BCUT2D eigenvalue weighted by Gasteiger charge is -2.31. The van der Waals surface area contributed by atoms with Crippen molar-refractivity contribution in [1.82, 2.24) is 4.90 Å². The summed E-state index contributed by atoms with van der Waals surface area (Å²) in [6.07, 6.45) is 4.87. The lowest BCUT2D eigenvalue weighted by molar-refractivity contribution is -0.102. The number of carbonyl (C=O) groups is 1. The molecule has 0 aromatic rings. The van der Waals surface area contributed by atoms with Crippen LogP contribution in [0.25, 0.3) is 0 Å². The average molecular weight is 233 g/mol. The van der Waals surface area contributed by atoms with E-state index in [1.165, 1.54) is 0 Å². The van der Waals surface area contributed by atoms with E-state index >= 15 is 0 Å². The maximum Gasteiger partial charge on any atom is 0.166 e. The summed E-state index contributed by atoms with van der Waals surface area (Å²) in [7, 11) is 2.13. The minimum Gasteiger partial charge on any atom is -0.319 e. The van der Waals surface area contributed by atoms with Gasteiger partial charge in [-0.1, -0.05) is 6.58 Å². The van der Waals surface area contributed by atoms with Crippen LogP contribution in [0.5, 0.6) is 0 Å². The first-order valence-electron chi connectivity index (χ1n) is 6.00. The van der Waals surface area contributed by atoms with E-state index in [0.717, 1.165) is 43.5 Å². The van der Waals surface area contributed by atoms with Gasteiger partial charge in [-0.25, -0.2) is 0 Å². The van der Waals surface area contributed by atoms with Crippen LogP contribution in [0.15, 0.2) is 28.9 Å². The van der Waals surface area contributed by atoms with Gasteiger partial charge in [0.25, 0.3) is 0 Å². The van der Waals surface area contributed by atoms with E-state index in [1.54, 1.807) is 0 Å². The van der Waals surface area contributed by atoms with Gasteiger partial charge in [0.05, 0.1) is 6.04 Å². The average Bonchev–Trinajstić information content (AvgIpc) is 2.33. The Bertz CT molecular complexity index is 389. The van der Waals surface area contributed by atoms with Crippen LogP contribution in [0.1, 0.15) is 12.8 Å². The molecule has 2 aliphatic heterocycles. The summed E-state index contributed by atoms with van der Waals surface area (Å²) in [5.74, 6) is 0.436. The molecule has 1 saturated heterocycles. The van der Waals surface area contributed by atoms with E-state index in [0.29, 0.717) is 11.6 Å². The highest BCUT2D eigenvalue weighted by Gasteiger charge is 2.25. The number of aliphatic imine (C=N–C) groups is 1. The third-order valence-electron chi connectivity index (χ3n) is 3.57. The number of nitrogens with zero attached hydrogens (tertiary/aromatic N) is 2. The Morgan fingerprint density at radius 2 is 2.18 bits per heavy atom. The number of nitrogens with two attached hydrogens (primary N) is 1. The largest absolute Gasteiger partial charge is 0.319 e. The van der Waals surface area contributed by atoms with Crippen molar-refractivity contribution in [3.63, 3.8) is 0 Å². The van der Waals surface area contributed by atoms with Crippen LogP contribution in [0.3, 0.4) is 0 Å². The van der Waals surface area contributed by atoms with Gasteiger partial charge in [0.1, 0.15) is 5.71 Å². The second-order valence-electron chi connectivity index (χ2n) is 4.85. The first-order chi connectivity index (χ1) is 8.11. The molecule has 1 unspecified atom stereocenters. The van der Waals surface area contributed by atoms with Crippen molar-refractivity contribution in [2.24, 2.45) is 16.6 Å². The predicted octanol–water partition coefficient (Wildman–Crippen LogP) is 0.749. The van der Waals surface area contributed by atoms with Crippen molar-refractivity contribution in [3.8, 4) is 0 Å². The van der Waals surface area contributed by atoms with Crippen LogP contribution in [0.4, 0.5) is 0 Å². The SMILES string of the molecule is C=C1C=C(C2CCN(C)CC2)N=C(C=O)C1N. The summed E-state index contributed by atoms with van der Waals surface area (Å²) < 4.78 is 0. The van der Waals surface area contributed by atoms with Gasteiger partial charge in [0.2, 0.25) is 0 Å². The third kappa shape index (κ3) is 2.53. The Kier molecular flexibility index (Phi) is 3.54. The molecule has 1 atom stereocenters. The maximum absolute atomic E-state index is 10.9. The van der Waals surface area contributed by atoms with Crippen molar-refractivity contribution in [1.29, 1.82) is 0 Å². The first-order valence-corrected chi connectivity index (χ1v) is 6.00. The van der Waals surface area contributed by atoms with Gasteiger partial charge in [-0.15, -0.1) is 0 Å². The highest BCUT2D eigenvalue weighted by Crippen LogP contribution is 2.28. The molecule has 0 amide bonds. The fourth-order valence-electron chi connectivity index (χ4n) is 2.33. The Labute approximate surface area is 102 Å². The molecule has 0 bridgehead atoms. The Morgan fingerprint density at radius 3 is 2.76 bits per heavy atom. The van der Waals surface area contributed by atoms with E-state index in [4.69, 9.17) is 5.73 Å². The third-order valence-corrected chi connectivity index (χ3v) is 3.57. The molecule has 4 heteroatoms. The van der Waals surface area contributed by atoms with Crippen LogP contribution < -0.4 is 5.73 Å². The van der Waals surface area contributed by atoms with Crippen molar-refractivity contribution in [3.05, 3.63) is 23.9 Å². The van der Waals surface area contributed by atoms with Gasteiger partial charge < -0.3 is 10.6 Å². The molecule has 0 aromatic carbocycles. The lowest BCUT2D eigenvalue weighted by Crippen LogP contribution is -2.36. The van der Waals surface area contributed by atoms with E-state index in [-0.39, 0.29) is 0 Å². The molecule has 0 aliphatic carbocycles. The van der Waals surface area contributed by atoms with Gasteiger partial charge in [0.15, 0.2) is 6.29 Å². The monoisotopic (exact) mass is 233 g/mol. The summed E-state index contributed by atoms with van der Waals surface area (Å²) in [6, 6.07) is -0.428. The summed E-state index contributed by atoms with van der Waals surface area (Å²) in [4.78, 5) is 17.6. The molecule has 2 aliphatic rings. The number of likely N-dealkylation sites (tertiary alicyclic amines) is 1. The zero-order valence-corrected chi connectivity index (χ0v) is 10.2. The first kappa shape index (κ1) is 12.2. The molecular formula is C13H19N3O. The molecule has 4 nitrogen and oxygen atoms in total. The molecule has 0 saturated carbocycles. The summed E-state index contributed by atoms with van der Waals surface area (Å²) in [6.45, 7) is 6.05. The zero-order chi connectivity index (χ0) is 12.4. The second-order valence-corrected chi connectivity index (χ2v) is 4.85. The van der Waals surface area contributed by atoms with Crippen molar-refractivity contribution in [2.45, 2.75) is 18.9 Å². The molecular weight excluding hydrogens is 214 g/mol. The van der Waals surface area contributed by atoms with Crippen LogP contribution in [0, 0.1) is 5.92 Å². The maximum atomic E-state index is 10.9. The van der Waals surface area contributed by atoms with E-state index < -0.39 is 6.04 Å². The molecule has 17 heavy (non-hydrogen) atoms. The normalized spacial score (nSPS) is 27.6. The quantitative estimate of drug-likeness (QED) is 0.716. The van der Waals surface area contributed by atoms with Gasteiger partial charge in [-0.3, -0.25) is 9.79 Å². The molecule has 2 rings (SSSR count). The highest BCUT2D eigenvalue weighted by molar-refractivity contribution is 6.32. The standard InChI is InChI=1S/C13H19N3O/c1-9-7-11(15-12(8-17)13(9)14)10-3-5-16(2)6-4-10/h7-8,10,13H,1,3-6,14H2,2H3. The van der Waals surface area contributed by atoms with Gasteiger partial charge in [-0.05, 0) is 44.6 Å². The number of aldehydes is 1. The van der Waals surface area contributed by atoms with Crippen LogP contribution in [0.2, 0.25) is 0 Å². The number of hydrogen-bond donors (Lipinski definition) is 1. The van der Waals surface area contributed by atoms with Crippen molar-refractivity contribution >= 4 is 12.0 Å². The fraction of sp³-hybridized carbons (Fsp3) is 0.538. The van der Waals surface area contributed by atoms with Crippen LogP contribution in [-0.4, -0.2) is 43.1 Å². The number of allylic oxidation sites excluding steroid dienone is 1. The molecule has 92 valence electrons. The Hall–Kier alpha value is -1.26. The smallest absolute Gasteiger partial charge is 0.166 e. The topological polar surface area (TPSA) is 58.7 Å². The molecule has 1 fully saturated rings. The molecule has 0 spiro atoms. The van der Waals surface area contributed by atoms with E-state index in [1.807, 2.05) is 6.08 Å². The molecule has 2 N–H and O–H groups in total. The second kappa shape index (κ2) is 4.94. The minimum atomic E-state index is -0.428. The number of carbonyl (C=O) groups excluding carboxylic acids is 1. The van der Waals surface area contributed by atoms with Crippen LogP contribution >= 0.6 is 0 Å². The van der Waals surface area contributed by atoms with Gasteiger partial charge >= 0.3 is 0 Å². The Morgan fingerprint density at radius 1 is 1.53 bits per heavy atom. The number of rotatable bonds is 2. The molecule has 0 aromatic heterocycles. The lowest BCUT2D eigenvalue weighted by atomic mass is 9.89. The fourth-order valence-corrected chi connectivity index (χ4v) is 2.33. The summed E-state index contributed by atoms with van der Waals surface area (Å²) in [5, 5.41) is 0. The van der Waals surface area contributed by atoms with Gasteiger partial charge in [0, 0.05) is 11.6 Å². The summed E-state index contributed by atoms with van der Waals surface area (Å²) >= 11 is 0. The Balaban J connectivity index is 2.16. The minimum absolute atomic E-state index is 0.409. The predicted molar refractivity (Wildman–Crippen MR) is 68.9 cm³/mol. The van der Waals surface area contributed by atoms with Crippen LogP contribution in [-0.2, 0) is 4.79 Å².